The highest BCUT2D eigenvalue weighted by Gasteiger charge is 2.12. The molecular formula is C11H8F2N4. The number of halogens is 2. The van der Waals surface area contributed by atoms with Crippen molar-refractivity contribution in [2.24, 2.45) is 0 Å². The van der Waals surface area contributed by atoms with Gasteiger partial charge < -0.3 is 0 Å². The van der Waals surface area contributed by atoms with Crippen molar-refractivity contribution < 1.29 is 8.78 Å². The van der Waals surface area contributed by atoms with E-state index >= 15 is 0 Å². The number of nitrogens with one attached hydrogen (secondary N) is 1. The zero-order valence-electron chi connectivity index (χ0n) is 8.64. The second-order valence-electron chi connectivity index (χ2n) is 3.60. The lowest BCUT2D eigenvalue weighted by atomic mass is 10.1. The van der Waals surface area contributed by atoms with Crippen LogP contribution in [-0.2, 0) is 0 Å². The van der Waals surface area contributed by atoms with E-state index in [4.69, 9.17) is 0 Å². The SMILES string of the molecule is FC(F)n1cc(-c2n[nH]c3ccccc23)cn1. The minimum atomic E-state index is -2.63. The fraction of sp³-hybridized carbons (Fsp3) is 0.0909. The molecule has 0 aliphatic heterocycles. The van der Waals surface area contributed by atoms with Crippen molar-refractivity contribution in [3.8, 4) is 11.3 Å². The Hall–Kier alpha value is -2.24. The van der Waals surface area contributed by atoms with Crippen LogP contribution in [0.25, 0.3) is 22.2 Å². The van der Waals surface area contributed by atoms with Gasteiger partial charge in [0.05, 0.1) is 11.7 Å². The van der Waals surface area contributed by atoms with Crippen LogP contribution in [0.2, 0.25) is 0 Å². The summed E-state index contributed by atoms with van der Waals surface area (Å²) in [6.45, 7) is -2.63. The van der Waals surface area contributed by atoms with Crippen LogP contribution in [0.4, 0.5) is 8.78 Å². The van der Waals surface area contributed by atoms with Gasteiger partial charge in [-0.15, -0.1) is 0 Å². The predicted octanol–water partition coefficient (Wildman–Crippen LogP) is 2.82. The summed E-state index contributed by atoms with van der Waals surface area (Å²) in [5, 5.41) is 11.4. The molecule has 2 heterocycles. The molecule has 0 saturated carbocycles. The highest BCUT2D eigenvalue weighted by atomic mass is 19.3. The smallest absolute Gasteiger partial charge is 0.277 e. The standard InChI is InChI=1S/C11H8F2N4/c12-11(13)17-6-7(5-14-17)10-8-3-1-2-4-9(8)15-16-10/h1-6,11H,(H,15,16). The monoisotopic (exact) mass is 234 g/mol. The highest BCUT2D eigenvalue weighted by molar-refractivity contribution is 5.92. The van der Waals surface area contributed by atoms with Gasteiger partial charge in [0, 0.05) is 17.1 Å². The third-order valence-corrected chi connectivity index (χ3v) is 2.55. The molecule has 0 bridgehead atoms. The fourth-order valence-corrected chi connectivity index (χ4v) is 1.75. The Bertz CT molecular complexity index is 656. The van der Waals surface area contributed by atoms with Gasteiger partial charge >= 0.3 is 6.55 Å². The molecule has 0 spiro atoms. The number of aromatic nitrogens is 4. The highest BCUT2D eigenvalue weighted by Crippen LogP contribution is 2.26. The van der Waals surface area contributed by atoms with Crippen LogP contribution < -0.4 is 0 Å². The van der Waals surface area contributed by atoms with Gasteiger partial charge in [0.25, 0.3) is 0 Å². The number of fused-ring (bicyclic) bond motifs is 1. The van der Waals surface area contributed by atoms with E-state index in [1.807, 2.05) is 24.3 Å². The molecule has 0 radical (unpaired) electrons. The minimum Gasteiger partial charge on any atom is -0.277 e. The number of benzene rings is 1. The first-order valence-electron chi connectivity index (χ1n) is 5.01. The second kappa shape index (κ2) is 3.65. The Morgan fingerprint density at radius 3 is 2.82 bits per heavy atom. The van der Waals surface area contributed by atoms with E-state index in [1.165, 1.54) is 12.4 Å². The summed E-state index contributed by atoms with van der Waals surface area (Å²) in [5.74, 6) is 0. The van der Waals surface area contributed by atoms with Crippen LogP contribution in [0.15, 0.2) is 36.7 Å². The molecule has 17 heavy (non-hydrogen) atoms. The average molecular weight is 234 g/mol. The van der Waals surface area contributed by atoms with Crippen molar-refractivity contribution in [1.82, 2.24) is 20.0 Å². The predicted molar refractivity (Wildman–Crippen MR) is 58.6 cm³/mol. The van der Waals surface area contributed by atoms with Crippen molar-refractivity contribution >= 4 is 10.9 Å². The maximum Gasteiger partial charge on any atom is 0.333 e. The lowest BCUT2D eigenvalue weighted by molar-refractivity contribution is 0.0566. The molecule has 6 heteroatoms. The van der Waals surface area contributed by atoms with Crippen LogP contribution in [-0.4, -0.2) is 20.0 Å². The van der Waals surface area contributed by atoms with Gasteiger partial charge in [-0.3, -0.25) is 5.10 Å². The lowest BCUT2D eigenvalue weighted by Gasteiger charge is -1.95. The van der Waals surface area contributed by atoms with Crippen LogP contribution >= 0.6 is 0 Å². The first kappa shape index (κ1) is 9.95. The summed E-state index contributed by atoms with van der Waals surface area (Å²) in [5.41, 5.74) is 2.07. The van der Waals surface area contributed by atoms with Gasteiger partial charge in [-0.2, -0.15) is 19.0 Å². The van der Waals surface area contributed by atoms with Gasteiger partial charge in [-0.1, -0.05) is 18.2 Å². The molecule has 86 valence electrons. The topological polar surface area (TPSA) is 46.5 Å². The lowest BCUT2D eigenvalue weighted by Crippen LogP contribution is -1.96. The first-order valence-corrected chi connectivity index (χ1v) is 5.01. The second-order valence-corrected chi connectivity index (χ2v) is 3.60. The van der Waals surface area contributed by atoms with E-state index in [-0.39, 0.29) is 0 Å². The molecule has 0 aliphatic rings. The zero-order chi connectivity index (χ0) is 11.8. The summed E-state index contributed by atoms with van der Waals surface area (Å²) < 4.78 is 25.4. The maximum absolute atomic E-state index is 12.4. The molecule has 0 unspecified atom stereocenters. The summed E-state index contributed by atoms with van der Waals surface area (Å²) in [7, 11) is 0. The Labute approximate surface area is 94.9 Å². The van der Waals surface area contributed by atoms with Crippen molar-refractivity contribution in [1.29, 1.82) is 0 Å². The molecule has 0 saturated heterocycles. The van der Waals surface area contributed by atoms with E-state index < -0.39 is 6.55 Å². The van der Waals surface area contributed by atoms with Gasteiger partial charge in [-0.05, 0) is 6.07 Å². The number of hydrogen-bond acceptors (Lipinski definition) is 2. The van der Waals surface area contributed by atoms with E-state index in [9.17, 15) is 8.78 Å². The molecular weight excluding hydrogens is 226 g/mol. The Morgan fingerprint density at radius 2 is 2.06 bits per heavy atom. The third-order valence-electron chi connectivity index (χ3n) is 2.55. The summed E-state index contributed by atoms with van der Waals surface area (Å²) in [6, 6.07) is 7.52. The van der Waals surface area contributed by atoms with Crippen molar-refractivity contribution in [2.75, 3.05) is 0 Å². The van der Waals surface area contributed by atoms with Crippen LogP contribution in [0.3, 0.4) is 0 Å². The van der Waals surface area contributed by atoms with Gasteiger partial charge in [0.2, 0.25) is 0 Å². The molecule has 0 amide bonds. The quantitative estimate of drug-likeness (QED) is 0.741. The summed E-state index contributed by atoms with van der Waals surface area (Å²) in [6.07, 6.45) is 2.67. The van der Waals surface area contributed by atoms with Crippen LogP contribution in [0.1, 0.15) is 6.55 Å². The molecule has 3 aromatic rings. The Kier molecular flexibility index (Phi) is 2.14. The number of H-pyrrole nitrogens is 1. The van der Waals surface area contributed by atoms with E-state index in [0.717, 1.165) is 10.9 Å². The number of nitrogens with zero attached hydrogens (tertiary/aromatic N) is 3. The molecule has 4 nitrogen and oxygen atoms in total. The normalized spacial score (nSPS) is 11.5. The van der Waals surface area contributed by atoms with Gasteiger partial charge in [0.1, 0.15) is 5.69 Å². The zero-order valence-corrected chi connectivity index (χ0v) is 8.64. The molecule has 1 N–H and O–H groups in total. The number of para-hydroxylation sites is 1. The van der Waals surface area contributed by atoms with Crippen molar-refractivity contribution in [2.45, 2.75) is 6.55 Å². The summed E-state index contributed by atoms with van der Waals surface area (Å²) in [4.78, 5) is 0. The number of alkyl halides is 2. The molecule has 1 aromatic carbocycles. The molecule has 2 aromatic heterocycles. The van der Waals surface area contributed by atoms with Gasteiger partial charge in [0.15, 0.2) is 0 Å². The molecule has 3 rings (SSSR count). The van der Waals surface area contributed by atoms with Crippen LogP contribution in [0.5, 0.6) is 0 Å². The van der Waals surface area contributed by atoms with E-state index in [2.05, 4.69) is 15.3 Å². The maximum atomic E-state index is 12.4. The number of hydrogen-bond donors (Lipinski definition) is 1. The molecule has 0 atom stereocenters. The van der Waals surface area contributed by atoms with Crippen LogP contribution in [0, 0.1) is 0 Å². The molecule has 0 fully saturated rings. The Morgan fingerprint density at radius 1 is 1.24 bits per heavy atom. The van der Waals surface area contributed by atoms with Gasteiger partial charge in [-0.25, -0.2) is 4.68 Å². The fourth-order valence-electron chi connectivity index (χ4n) is 1.75. The number of rotatable bonds is 2. The first-order chi connectivity index (χ1) is 8.25. The van der Waals surface area contributed by atoms with Crippen molar-refractivity contribution in [3.05, 3.63) is 36.7 Å². The largest absolute Gasteiger partial charge is 0.333 e. The minimum absolute atomic E-state index is 0.572. The molecule has 0 aliphatic carbocycles. The Balaban J connectivity index is 2.14. The van der Waals surface area contributed by atoms with Crippen molar-refractivity contribution in [3.63, 3.8) is 0 Å². The number of aromatic amines is 1. The van der Waals surface area contributed by atoms with E-state index in [0.29, 0.717) is 15.9 Å². The van der Waals surface area contributed by atoms with E-state index in [1.54, 1.807) is 0 Å². The summed E-state index contributed by atoms with van der Waals surface area (Å²) >= 11 is 0. The average Bonchev–Trinajstić information content (AvgIpc) is 2.95. The third kappa shape index (κ3) is 1.57.